The highest BCUT2D eigenvalue weighted by Crippen LogP contribution is 2.36. The molecule has 0 aliphatic heterocycles. The number of rotatable bonds is 11. The van der Waals surface area contributed by atoms with Crippen LogP contribution in [0.15, 0.2) is 121 Å². The Morgan fingerprint density at radius 2 is 0.875 bits per heavy atom. The van der Waals surface area contributed by atoms with Gasteiger partial charge in [-0.25, -0.2) is 0 Å². The van der Waals surface area contributed by atoms with E-state index in [0.29, 0.717) is 0 Å². The lowest BCUT2D eigenvalue weighted by Gasteiger charge is -2.37. The second-order valence-electron chi connectivity index (χ2n) is 8.14. The highest BCUT2D eigenvalue weighted by atomic mass is 15.0. The van der Waals surface area contributed by atoms with Gasteiger partial charge >= 0.3 is 0 Å². The van der Waals surface area contributed by atoms with Gasteiger partial charge in [0.25, 0.3) is 0 Å². The van der Waals surface area contributed by atoms with Crippen molar-refractivity contribution in [2.45, 2.75) is 24.9 Å². The van der Waals surface area contributed by atoms with Crippen LogP contribution in [0.4, 0.5) is 0 Å². The fourth-order valence-corrected chi connectivity index (χ4v) is 4.35. The van der Waals surface area contributed by atoms with E-state index < -0.39 is 0 Å². The minimum absolute atomic E-state index is 0.374. The van der Waals surface area contributed by atoms with Gasteiger partial charge in [0.05, 0.1) is 5.54 Å². The first-order valence-electron chi connectivity index (χ1n) is 11.6. The zero-order valence-electron chi connectivity index (χ0n) is 18.6. The van der Waals surface area contributed by atoms with Crippen molar-refractivity contribution in [2.24, 2.45) is 0 Å². The maximum atomic E-state index is 3.96. The van der Waals surface area contributed by atoms with Gasteiger partial charge in [0.1, 0.15) is 0 Å². The molecule has 0 saturated carbocycles. The molecule has 4 aromatic carbocycles. The van der Waals surface area contributed by atoms with E-state index >= 15 is 0 Å². The van der Waals surface area contributed by atoms with Crippen molar-refractivity contribution in [1.29, 1.82) is 0 Å². The molecule has 4 aromatic rings. The van der Waals surface area contributed by atoms with Gasteiger partial charge in [-0.15, -0.1) is 0 Å². The molecule has 0 aliphatic carbocycles. The number of hydrogen-bond acceptors (Lipinski definition) is 2. The second kappa shape index (κ2) is 11.4. The molecule has 0 aromatic heterocycles. The van der Waals surface area contributed by atoms with Crippen LogP contribution in [-0.4, -0.2) is 13.1 Å². The Labute approximate surface area is 192 Å². The lowest BCUT2D eigenvalue weighted by Crippen LogP contribution is -2.45. The number of nitrogens with one attached hydrogen (secondary N) is 2. The van der Waals surface area contributed by atoms with Gasteiger partial charge in [-0.2, -0.15) is 0 Å². The fraction of sp³-hybridized carbons (Fsp3) is 0.200. The molecule has 2 N–H and O–H groups in total. The Morgan fingerprint density at radius 3 is 1.34 bits per heavy atom. The minimum atomic E-state index is -0.374. The molecule has 0 bridgehead atoms. The number of benzene rings is 4. The Kier molecular flexibility index (Phi) is 7.86. The van der Waals surface area contributed by atoms with E-state index in [0.717, 1.165) is 32.5 Å². The summed E-state index contributed by atoms with van der Waals surface area (Å²) in [4.78, 5) is 0. The third-order valence-electron chi connectivity index (χ3n) is 5.96. The number of unbranched alkanes of at least 4 members (excludes halogenated alkanes) is 1. The molecule has 2 heteroatoms. The molecule has 0 spiro atoms. The summed E-state index contributed by atoms with van der Waals surface area (Å²) in [7, 11) is 0. The van der Waals surface area contributed by atoms with Crippen molar-refractivity contribution in [3.05, 3.63) is 144 Å². The molecule has 162 valence electrons. The van der Waals surface area contributed by atoms with Gasteiger partial charge in [0.15, 0.2) is 0 Å². The third-order valence-corrected chi connectivity index (χ3v) is 5.96. The topological polar surface area (TPSA) is 24.1 Å². The quantitative estimate of drug-likeness (QED) is 0.225. The van der Waals surface area contributed by atoms with Crippen molar-refractivity contribution in [2.75, 3.05) is 13.1 Å². The third kappa shape index (κ3) is 5.34. The van der Waals surface area contributed by atoms with Crippen molar-refractivity contribution < 1.29 is 0 Å². The van der Waals surface area contributed by atoms with Crippen LogP contribution in [-0.2, 0) is 12.1 Å². The van der Waals surface area contributed by atoms with Crippen LogP contribution in [0.1, 0.15) is 35.1 Å². The van der Waals surface area contributed by atoms with Crippen LogP contribution < -0.4 is 10.6 Å². The maximum absolute atomic E-state index is 3.96. The average molecular weight is 421 g/mol. The smallest absolute Gasteiger partial charge is 0.0947 e. The summed E-state index contributed by atoms with van der Waals surface area (Å²) in [6.45, 7) is 2.88. The summed E-state index contributed by atoms with van der Waals surface area (Å²) in [6, 6.07) is 43.0. The second-order valence-corrected chi connectivity index (χ2v) is 8.14. The molecule has 0 atom stereocenters. The molecule has 0 radical (unpaired) electrons. The molecule has 0 aliphatic rings. The van der Waals surface area contributed by atoms with Crippen LogP contribution in [0.5, 0.6) is 0 Å². The Morgan fingerprint density at radius 1 is 0.469 bits per heavy atom. The average Bonchev–Trinajstić information content (AvgIpc) is 2.88. The van der Waals surface area contributed by atoms with Crippen molar-refractivity contribution >= 4 is 0 Å². The summed E-state index contributed by atoms with van der Waals surface area (Å²) in [6.07, 6.45) is 2.24. The van der Waals surface area contributed by atoms with Crippen molar-refractivity contribution in [3.8, 4) is 0 Å². The highest BCUT2D eigenvalue weighted by Gasteiger charge is 2.35. The van der Waals surface area contributed by atoms with Gasteiger partial charge in [0.2, 0.25) is 0 Å². The van der Waals surface area contributed by atoms with Gasteiger partial charge in [-0.05, 0) is 48.2 Å². The van der Waals surface area contributed by atoms with Crippen LogP contribution >= 0.6 is 0 Å². The predicted octanol–water partition coefficient (Wildman–Crippen LogP) is 6.14. The van der Waals surface area contributed by atoms with E-state index in [1.165, 1.54) is 22.3 Å². The normalized spacial score (nSPS) is 11.4. The van der Waals surface area contributed by atoms with Gasteiger partial charge < -0.3 is 5.32 Å². The summed E-state index contributed by atoms with van der Waals surface area (Å²) in [5, 5.41) is 7.53. The summed E-state index contributed by atoms with van der Waals surface area (Å²) >= 11 is 0. The molecule has 4 rings (SSSR count). The standard InChI is InChI=1S/C30H32N2/c1-5-15-26(16-6-1)25-31-23-13-14-24-32-30(27-17-7-2-8-18-27,28-19-9-3-10-20-28)29-21-11-4-12-22-29/h1-12,15-22,31-32H,13-14,23-25H2. The minimum Gasteiger partial charge on any atom is -0.313 e. The van der Waals surface area contributed by atoms with Gasteiger partial charge in [0, 0.05) is 6.54 Å². The van der Waals surface area contributed by atoms with Crippen molar-refractivity contribution in [3.63, 3.8) is 0 Å². The van der Waals surface area contributed by atoms with E-state index in [1.54, 1.807) is 0 Å². The molecular formula is C30H32N2. The molecule has 2 nitrogen and oxygen atoms in total. The molecular weight excluding hydrogens is 388 g/mol. The van der Waals surface area contributed by atoms with Gasteiger partial charge in [-0.3, -0.25) is 5.32 Å². The first-order valence-corrected chi connectivity index (χ1v) is 11.6. The molecule has 0 saturated heterocycles. The molecule has 0 fully saturated rings. The highest BCUT2D eigenvalue weighted by molar-refractivity contribution is 5.49. The Balaban J connectivity index is 1.47. The lowest BCUT2D eigenvalue weighted by atomic mass is 9.77. The molecule has 32 heavy (non-hydrogen) atoms. The first kappa shape index (κ1) is 22.0. The van der Waals surface area contributed by atoms with Crippen LogP contribution in [0, 0.1) is 0 Å². The SMILES string of the molecule is c1ccc(CNCCCCNC(c2ccccc2)(c2ccccc2)c2ccccc2)cc1. The van der Waals surface area contributed by atoms with E-state index in [2.05, 4.69) is 132 Å². The van der Waals surface area contributed by atoms with Crippen LogP contribution in [0.25, 0.3) is 0 Å². The van der Waals surface area contributed by atoms with Crippen molar-refractivity contribution in [1.82, 2.24) is 10.6 Å². The van der Waals surface area contributed by atoms with Crippen LogP contribution in [0.2, 0.25) is 0 Å². The maximum Gasteiger partial charge on any atom is 0.0947 e. The van der Waals surface area contributed by atoms with E-state index in [9.17, 15) is 0 Å². The largest absolute Gasteiger partial charge is 0.313 e. The zero-order chi connectivity index (χ0) is 21.9. The zero-order valence-corrected chi connectivity index (χ0v) is 18.6. The summed E-state index contributed by atoms with van der Waals surface area (Å²) < 4.78 is 0. The summed E-state index contributed by atoms with van der Waals surface area (Å²) in [5.41, 5.74) is 4.75. The van der Waals surface area contributed by atoms with Crippen LogP contribution in [0.3, 0.4) is 0 Å². The molecule has 0 unspecified atom stereocenters. The summed E-state index contributed by atoms with van der Waals surface area (Å²) in [5.74, 6) is 0. The monoisotopic (exact) mass is 420 g/mol. The van der Waals surface area contributed by atoms with E-state index in [4.69, 9.17) is 0 Å². The predicted molar refractivity (Wildman–Crippen MR) is 135 cm³/mol. The van der Waals surface area contributed by atoms with Gasteiger partial charge in [-0.1, -0.05) is 121 Å². The van der Waals surface area contributed by atoms with E-state index in [1.807, 2.05) is 0 Å². The molecule has 0 amide bonds. The lowest BCUT2D eigenvalue weighted by molar-refractivity contribution is 0.457. The molecule has 0 heterocycles. The Bertz CT molecular complexity index is 935. The number of hydrogen-bond donors (Lipinski definition) is 2. The fourth-order valence-electron chi connectivity index (χ4n) is 4.35. The first-order chi connectivity index (χ1) is 15.9. The Hall–Kier alpha value is -3.20. The van der Waals surface area contributed by atoms with E-state index in [-0.39, 0.29) is 5.54 Å².